The third-order valence-electron chi connectivity index (χ3n) is 4.08. The second kappa shape index (κ2) is 6.69. The summed E-state index contributed by atoms with van der Waals surface area (Å²) in [6.45, 7) is 3.57. The number of aryl methyl sites for hydroxylation is 1. The van der Waals surface area contributed by atoms with E-state index < -0.39 is 16.1 Å². The highest BCUT2D eigenvalue weighted by Crippen LogP contribution is 2.22. The molecular formula is C16H24N2O3S. The van der Waals surface area contributed by atoms with E-state index in [2.05, 4.69) is 5.32 Å². The van der Waals surface area contributed by atoms with Gasteiger partial charge in [0.05, 0.1) is 11.9 Å². The molecule has 1 fully saturated rings. The molecule has 0 bridgehead atoms. The van der Waals surface area contributed by atoms with Crippen LogP contribution in [0.4, 0.5) is 5.69 Å². The molecule has 1 amide bonds. The summed E-state index contributed by atoms with van der Waals surface area (Å²) < 4.78 is 25.5. The molecule has 1 aliphatic carbocycles. The van der Waals surface area contributed by atoms with Crippen molar-refractivity contribution in [2.24, 2.45) is 0 Å². The molecule has 0 spiro atoms. The van der Waals surface area contributed by atoms with Crippen molar-refractivity contribution < 1.29 is 13.2 Å². The van der Waals surface area contributed by atoms with Crippen LogP contribution in [-0.4, -0.2) is 32.7 Å². The van der Waals surface area contributed by atoms with Crippen molar-refractivity contribution in [2.75, 3.05) is 10.6 Å². The Bertz CT molecular complexity index is 619. The van der Waals surface area contributed by atoms with Gasteiger partial charge in [0.15, 0.2) is 0 Å². The Morgan fingerprint density at radius 3 is 2.27 bits per heavy atom. The number of carbonyl (C=O) groups is 1. The first-order valence-electron chi connectivity index (χ1n) is 7.65. The zero-order valence-electron chi connectivity index (χ0n) is 13.4. The van der Waals surface area contributed by atoms with Gasteiger partial charge < -0.3 is 5.32 Å². The number of hydrogen-bond acceptors (Lipinski definition) is 3. The summed E-state index contributed by atoms with van der Waals surface area (Å²) in [6, 6.07) is 6.56. The van der Waals surface area contributed by atoms with Gasteiger partial charge in [0.25, 0.3) is 0 Å². The summed E-state index contributed by atoms with van der Waals surface area (Å²) in [5.74, 6) is -0.238. The van der Waals surface area contributed by atoms with E-state index in [4.69, 9.17) is 0 Å². The second-order valence-electron chi connectivity index (χ2n) is 6.06. The molecular weight excluding hydrogens is 300 g/mol. The number of rotatable bonds is 5. The molecule has 0 aromatic heterocycles. The van der Waals surface area contributed by atoms with Gasteiger partial charge >= 0.3 is 0 Å². The number of carbonyl (C=O) groups excluding carboxylic acids is 1. The number of nitrogens with zero attached hydrogens (tertiary/aromatic N) is 1. The number of hydrogen-bond donors (Lipinski definition) is 1. The summed E-state index contributed by atoms with van der Waals surface area (Å²) in [5.41, 5.74) is 1.56. The minimum absolute atomic E-state index is 0.175. The van der Waals surface area contributed by atoms with Gasteiger partial charge in [-0.15, -0.1) is 0 Å². The Hall–Kier alpha value is -1.56. The largest absolute Gasteiger partial charge is 0.352 e. The molecule has 2 rings (SSSR count). The first kappa shape index (κ1) is 16.8. The molecule has 0 unspecified atom stereocenters. The van der Waals surface area contributed by atoms with Crippen molar-refractivity contribution >= 4 is 21.6 Å². The predicted octanol–water partition coefficient (Wildman–Crippen LogP) is 2.21. The Balaban J connectivity index is 2.21. The van der Waals surface area contributed by atoms with Crippen molar-refractivity contribution in [3.63, 3.8) is 0 Å². The lowest BCUT2D eigenvalue weighted by molar-refractivity contribution is -0.122. The molecule has 0 radical (unpaired) electrons. The molecule has 5 nitrogen and oxygen atoms in total. The fourth-order valence-electron chi connectivity index (χ4n) is 2.89. The van der Waals surface area contributed by atoms with Crippen LogP contribution in [0, 0.1) is 6.92 Å². The normalized spacial score (nSPS) is 17.2. The maximum Gasteiger partial charge on any atom is 0.243 e. The summed E-state index contributed by atoms with van der Waals surface area (Å²) in [5, 5.41) is 2.97. The average Bonchev–Trinajstić information content (AvgIpc) is 2.92. The molecule has 1 N–H and O–H groups in total. The SMILES string of the molecule is Cc1ccc(N([C@@H](C)C(=O)NC2CCCC2)S(C)(=O)=O)cc1. The third-order valence-corrected chi connectivity index (χ3v) is 5.32. The van der Waals surface area contributed by atoms with Crippen molar-refractivity contribution in [3.05, 3.63) is 29.8 Å². The van der Waals surface area contributed by atoms with Crippen LogP contribution < -0.4 is 9.62 Å². The molecule has 22 heavy (non-hydrogen) atoms. The van der Waals surface area contributed by atoms with Crippen LogP contribution >= 0.6 is 0 Å². The van der Waals surface area contributed by atoms with Gasteiger partial charge in [-0.1, -0.05) is 30.5 Å². The first-order valence-corrected chi connectivity index (χ1v) is 9.50. The Morgan fingerprint density at radius 1 is 1.23 bits per heavy atom. The van der Waals surface area contributed by atoms with E-state index in [1.54, 1.807) is 19.1 Å². The molecule has 0 saturated heterocycles. The zero-order chi connectivity index (χ0) is 16.3. The van der Waals surface area contributed by atoms with E-state index in [1.807, 2.05) is 19.1 Å². The highest BCUT2D eigenvalue weighted by atomic mass is 32.2. The molecule has 1 atom stereocenters. The molecule has 1 aromatic rings. The minimum atomic E-state index is -3.54. The van der Waals surface area contributed by atoms with Gasteiger partial charge in [0.2, 0.25) is 15.9 Å². The van der Waals surface area contributed by atoms with Gasteiger partial charge in [0.1, 0.15) is 6.04 Å². The Labute approximate surface area is 132 Å². The van der Waals surface area contributed by atoms with E-state index in [0.29, 0.717) is 5.69 Å². The van der Waals surface area contributed by atoms with E-state index in [1.165, 1.54) is 4.31 Å². The maximum absolute atomic E-state index is 12.4. The number of anilines is 1. The minimum Gasteiger partial charge on any atom is -0.352 e. The third kappa shape index (κ3) is 4.00. The standard InChI is InChI=1S/C16H24N2O3S/c1-12-8-10-15(11-9-12)18(22(3,20)21)13(2)16(19)17-14-6-4-5-7-14/h8-11,13-14H,4-7H2,1-3H3,(H,17,19)/t13-/m0/s1. The molecule has 1 aromatic carbocycles. The lowest BCUT2D eigenvalue weighted by atomic mass is 10.2. The van der Waals surface area contributed by atoms with Crippen molar-refractivity contribution in [1.29, 1.82) is 0 Å². The van der Waals surface area contributed by atoms with Gasteiger partial charge in [0, 0.05) is 6.04 Å². The van der Waals surface area contributed by atoms with Crippen molar-refractivity contribution in [3.8, 4) is 0 Å². The molecule has 1 aliphatic rings. The van der Waals surface area contributed by atoms with Crippen LogP contribution in [0.25, 0.3) is 0 Å². The Kier molecular flexibility index (Phi) is 5.11. The quantitative estimate of drug-likeness (QED) is 0.903. The van der Waals surface area contributed by atoms with Crippen molar-refractivity contribution in [2.45, 2.75) is 51.6 Å². The van der Waals surface area contributed by atoms with Gasteiger partial charge in [-0.2, -0.15) is 0 Å². The van der Waals surface area contributed by atoms with E-state index in [-0.39, 0.29) is 11.9 Å². The van der Waals surface area contributed by atoms with Gasteiger partial charge in [-0.25, -0.2) is 8.42 Å². The lowest BCUT2D eigenvalue weighted by Gasteiger charge is -2.29. The average molecular weight is 324 g/mol. The molecule has 0 heterocycles. The summed E-state index contributed by atoms with van der Waals surface area (Å²) >= 11 is 0. The Morgan fingerprint density at radius 2 is 1.77 bits per heavy atom. The summed E-state index contributed by atoms with van der Waals surface area (Å²) in [6.07, 6.45) is 5.32. The summed E-state index contributed by atoms with van der Waals surface area (Å²) in [4.78, 5) is 12.4. The highest BCUT2D eigenvalue weighted by Gasteiger charge is 2.30. The van der Waals surface area contributed by atoms with Crippen LogP contribution in [-0.2, 0) is 14.8 Å². The fourth-order valence-corrected chi connectivity index (χ4v) is 4.07. The van der Waals surface area contributed by atoms with Gasteiger partial charge in [-0.05, 0) is 38.8 Å². The first-order chi connectivity index (χ1) is 10.3. The molecule has 6 heteroatoms. The lowest BCUT2D eigenvalue weighted by Crippen LogP contribution is -2.49. The van der Waals surface area contributed by atoms with E-state index >= 15 is 0 Å². The predicted molar refractivity (Wildman–Crippen MR) is 88.4 cm³/mol. The monoisotopic (exact) mass is 324 g/mol. The highest BCUT2D eigenvalue weighted by molar-refractivity contribution is 7.92. The topological polar surface area (TPSA) is 66.5 Å². The van der Waals surface area contributed by atoms with E-state index in [0.717, 1.165) is 37.5 Å². The number of amides is 1. The van der Waals surface area contributed by atoms with Crippen LogP contribution in [0.1, 0.15) is 38.2 Å². The smallest absolute Gasteiger partial charge is 0.243 e. The van der Waals surface area contributed by atoms with Crippen LogP contribution in [0.5, 0.6) is 0 Å². The van der Waals surface area contributed by atoms with Crippen LogP contribution in [0.3, 0.4) is 0 Å². The van der Waals surface area contributed by atoms with Gasteiger partial charge in [-0.3, -0.25) is 9.10 Å². The van der Waals surface area contributed by atoms with Crippen molar-refractivity contribution in [1.82, 2.24) is 5.32 Å². The van der Waals surface area contributed by atoms with E-state index in [9.17, 15) is 13.2 Å². The second-order valence-corrected chi connectivity index (χ2v) is 7.92. The fraction of sp³-hybridized carbons (Fsp3) is 0.562. The number of sulfonamides is 1. The molecule has 1 saturated carbocycles. The number of nitrogens with one attached hydrogen (secondary N) is 1. The van der Waals surface area contributed by atoms with Crippen LogP contribution in [0.2, 0.25) is 0 Å². The maximum atomic E-state index is 12.4. The van der Waals surface area contributed by atoms with Crippen LogP contribution in [0.15, 0.2) is 24.3 Å². The molecule has 0 aliphatic heterocycles. The number of benzene rings is 1. The zero-order valence-corrected chi connectivity index (χ0v) is 14.2. The summed E-state index contributed by atoms with van der Waals surface area (Å²) in [7, 11) is -3.54. The molecule has 122 valence electrons.